The van der Waals surface area contributed by atoms with Gasteiger partial charge in [0.2, 0.25) is 0 Å². The summed E-state index contributed by atoms with van der Waals surface area (Å²) in [5.41, 5.74) is 2.38. The molecule has 0 amide bonds. The molecule has 0 radical (unpaired) electrons. The number of benzene rings is 1. The van der Waals surface area contributed by atoms with Crippen LogP contribution in [0.2, 0.25) is 0 Å². The molecule has 1 aliphatic heterocycles. The highest BCUT2D eigenvalue weighted by Crippen LogP contribution is 2.43. The molecule has 1 N–H and O–H groups in total. The molecule has 3 nitrogen and oxygen atoms in total. The first-order valence-electron chi connectivity index (χ1n) is 7.57. The second-order valence-corrected chi connectivity index (χ2v) is 6.95. The van der Waals surface area contributed by atoms with Gasteiger partial charge < -0.3 is 14.8 Å². The molecule has 21 heavy (non-hydrogen) atoms. The van der Waals surface area contributed by atoms with E-state index in [0.29, 0.717) is 17.9 Å². The molecule has 1 aliphatic rings. The number of hydrogen-bond acceptors (Lipinski definition) is 3. The normalized spacial score (nSPS) is 30.4. The molecule has 0 aliphatic carbocycles. The third-order valence-electron chi connectivity index (χ3n) is 4.86. The molecule has 0 spiro atoms. The van der Waals surface area contributed by atoms with Crippen LogP contribution in [-0.4, -0.2) is 26.4 Å². The van der Waals surface area contributed by atoms with E-state index >= 15 is 0 Å². The van der Waals surface area contributed by atoms with E-state index in [1.165, 1.54) is 11.1 Å². The summed E-state index contributed by atoms with van der Waals surface area (Å²) in [6, 6.07) is 4.49. The van der Waals surface area contributed by atoms with Crippen LogP contribution in [0.1, 0.15) is 37.9 Å². The minimum Gasteiger partial charge on any atom is -0.496 e. The zero-order chi connectivity index (χ0) is 15.7. The summed E-state index contributed by atoms with van der Waals surface area (Å²) >= 11 is 3.64. The van der Waals surface area contributed by atoms with Crippen LogP contribution >= 0.6 is 15.9 Å². The van der Waals surface area contributed by atoms with Crippen LogP contribution in [0.25, 0.3) is 0 Å². The second kappa shape index (κ2) is 6.67. The van der Waals surface area contributed by atoms with Crippen molar-refractivity contribution in [1.82, 2.24) is 5.32 Å². The SMILES string of the molecule is CNC(c1cc(Br)c(C)cc1OC)C1C(C)OC(C)C1C. The highest BCUT2D eigenvalue weighted by atomic mass is 79.9. The highest BCUT2D eigenvalue weighted by molar-refractivity contribution is 9.10. The third kappa shape index (κ3) is 3.13. The lowest BCUT2D eigenvalue weighted by Gasteiger charge is -2.30. The van der Waals surface area contributed by atoms with Crippen molar-refractivity contribution < 1.29 is 9.47 Å². The van der Waals surface area contributed by atoms with E-state index in [4.69, 9.17) is 9.47 Å². The Bertz CT molecular complexity index is 506. The maximum Gasteiger partial charge on any atom is 0.123 e. The molecular formula is C17H26BrNO2. The minimum atomic E-state index is 0.215. The molecule has 1 fully saturated rings. The van der Waals surface area contributed by atoms with Gasteiger partial charge in [0, 0.05) is 22.0 Å². The molecule has 118 valence electrons. The van der Waals surface area contributed by atoms with Crippen molar-refractivity contribution in [2.24, 2.45) is 11.8 Å². The van der Waals surface area contributed by atoms with Gasteiger partial charge in [0.25, 0.3) is 0 Å². The average molecular weight is 356 g/mol. The molecule has 2 rings (SSSR count). The quantitative estimate of drug-likeness (QED) is 0.882. The van der Waals surface area contributed by atoms with Gasteiger partial charge in [0.1, 0.15) is 5.75 Å². The number of rotatable bonds is 4. The summed E-state index contributed by atoms with van der Waals surface area (Å²) < 4.78 is 12.8. The van der Waals surface area contributed by atoms with Crippen LogP contribution in [0, 0.1) is 18.8 Å². The fourth-order valence-corrected chi connectivity index (χ4v) is 3.87. The molecular weight excluding hydrogens is 330 g/mol. The van der Waals surface area contributed by atoms with E-state index in [1.807, 2.05) is 7.05 Å². The Morgan fingerprint density at radius 1 is 1.24 bits per heavy atom. The standard InChI is InChI=1S/C17H26BrNO2/c1-9-7-15(20-6)13(8-14(9)18)17(19-5)16-10(2)11(3)21-12(16)4/h7-8,10-12,16-17,19H,1-6H3. The van der Waals surface area contributed by atoms with Gasteiger partial charge in [-0.15, -0.1) is 0 Å². The maximum absolute atomic E-state index is 6.03. The molecule has 0 saturated carbocycles. The van der Waals surface area contributed by atoms with Gasteiger partial charge in [-0.2, -0.15) is 0 Å². The van der Waals surface area contributed by atoms with Gasteiger partial charge >= 0.3 is 0 Å². The molecule has 0 aromatic heterocycles. The van der Waals surface area contributed by atoms with E-state index in [0.717, 1.165) is 10.2 Å². The Labute approximate surface area is 136 Å². The summed E-state index contributed by atoms with van der Waals surface area (Å²) in [7, 11) is 3.75. The van der Waals surface area contributed by atoms with Gasteiger partial charge in [0.05, 0.1) is 19.3 Å². The first-order chi connectivity index (χ1) is 9.90. The largest absolute Gasteiger partial charge is 0.496 e. The minimum absolute atomic E-state index is 0.215. The number of hydrogen-bond donors (Lipinski definition) is 1. The topological polar surface area (TPSA) is 30.5 Å². The van der Waals surface area contributed by atoms with Crippen LogP contribution in [0.15, 0.2) is 16.6 Å². The Balaban J connectivity index is 2.44. The fourth-order valence-electron chi connectivity index (χ4n) is 3.51. The lowest BCUT2D eigenvalue weighted by atomic mass is 9.80. The maximum atomic E-state index is 6.03. The van der Waals surface area contributed by atoms with Crippen LogP contribution in [-0.2, 0) is 4.74 Å². The molecule has 1 aromatic carbocycles. The molecule has 5 atom stereocenters. The molecule has 0 bridgehead atoms. The number of methoxy groups -OCH3 is 1. The predicted molar refractivity (Wildman–Crippen MR) is 89.9 cm³/mol. The van der Waals surface area contributed by atoms with Crippen molar-refractivity contribution in [3.05, 3.63) is 27.7 Å². The predicted octanol–water partition coefficient (Wildman–Crippen LogP) is 4.09. The van der Waals surface area contributed by atoms with Crippen molar-refractivity contribution in [3.8, 4) is 5.75 Å². The smallest absolute Gasteiger partial charge is 0.123 e. The summed E-state index contributed by atoms with van der Waals surface area (Å²) in [5, 5.41) is 3.48. The first-order valence-corrected chi connectivity index (χ1v) is 8.36. The molecule has 1 aromatic rings. The molecule has 4 heteroatoms. The number of nitrogens with one attached hydrogen (secondary N) is 1. The van der Waals surface area contributed by atoms with Crippen molar-refractivity contribution in [3.63, 3.8) is 0 Å². The van der Waals surface area contributed by atoms with E-state index in [9.17, 15) is 0 Å². The van der Waals surface area contributed by atoms with E-state index in [-0.39, 0.29) is 12.1 Å². The number of halogens is 1. The zero-order valence-corrected chi connectivity index (χ0v) is 15.3. The molecule has 1 heterocycles. The summed E-state index contributed by atoms with van der Waals surface area (Å²) in [4.78, 5) is 0. The van der Waals surface area contributed by atoms with Crippen LogP contribution in [0.5, 0.6) is 5.75 Å². The lowest BCUT2D eigenvalue weighted by Crippen LogP contribution is -2.33. The Hall–Kier alpha value is -0.580. The Morgan fingerprint density at radius 2 is 1.90 bits per heavy atom. The summed E-state index contributed by atoms with van der Waals surface area (Å²) in [6.45, 7) is 8.69. The zero-order valence-electron chi connectivity index (χ0n) is 13.7. The van der Waals surface area contributed by atoms with Crippen molar-refractivity contribution in [2.75, 3.05) is 14.2 Å². The van der Waals surface area contributed by atoms with Crippen molar-refractivity contribution >= 4 is 15.9 Å². The van der Waals surface area contributed by atoms with Gasteiger partial charge in [-0.05, 0) is 51.4 Å². The monoisotopic (exact) mass is 355 g/mol. The molecule has 5 unspecified atom stereocenters. The van der Waals surface area contributed by atoms with E-state index in [1.54, 1.807) is 7.11 Å². The van der Waals surface area contributed by atoms with Crippen LogP contribution in [0.3, 0.4) is 0 Å². The van der Waals surface area contributed by atoms with Crippen LogP contribution < -0.4 is 10.1 Å². The van der Waals surface area contributed by atoms with Gasteiger partial charge in [-0.1, -0.05) is 22.9 Å². The number of aryl methyl sites for hydroxylation is 1. The van der Waals surface area contributed by atoms with Gasteiger partial charge in [0.15, 0.2) is 0 Å². The summed E-state index contributed by atoms with van der Waals surface area (Å²) in [6.07, 6.45) is 0.526. The summed E-state index contributed by atoms with van der Waals surface area (Å²) in [5.74, 6) is 1.87. The van der Waals surface area contributed by atoms with E-state index in [2.05, 4.69) is 61.1 Å². The van der Waals surface area contributed by atoms with Crippen molar-refractivity contribution in [1.29, 1.82) is 0 Å². The second-order valence-electron chi connectivity index (χ2n) is 6.09. The Kier molecular flexibility index (Phi) is 5.33. The van der Waals surface area contributed by atoms with Gasteiger partial charge in [-0.25, -0.2) is 0 Å². The Morgan fingerprint density at radius 3 is 2.38 bits per heavy atom. The molecule has 1 saturated heterocycles. The van der Waals surface area contributed by atoms with E-state index < -0.39 is 0 Å². The number of ether oxygens (including phenoxy) is 2. The lowest BCUT2D eigenvalue weighted by molar-refractivity contribution is 0.0477. The average Bonchev–Trinajstić information content (AvgIpc) is 2.69. The van der Waals surface area contributed by atoms with Gasteiger partial charge in [-0.3, -0.25) is 0 Å². The first kappa shape index (κ1) is 16.8. The highest BCUT2D eigenvalue weighted by Gasteiger charge is 2.42. The fraction of sp³-hybridized carbons (Fsp3) is 0.647. The van der Waals surface area contributed by atoms with Crippen LogP contribution in [0.4, 0.5) is 0 Å². The third-order valence-corrected chi connectivity index (χ3v) is 5.72. The van der Waals surface area contributed by atoms with Crippen molar-refractivity contribution in [2.45, 2.75) is 45.9 Å².